The van der Waals surface area contributed by atoms with Crippen molar-refractivity contribution in [3.8, 4) is 0 Å². The molecular formula is C22H22N2O5. The van der Waals surface area contributed by atoms with E-state index in [1.807, 2.05) is 37.3 Å². The standard InChI is InChI=1S/C22H22N2O5/c1-14-6-5-7-15(10-14)21(26)29-13-20(25)24-19(22(27)28-2)11-16-12-23-18-9-4-3-8-17(16)18/h3-10,12,19,23H,11,13H2,1-2H3,(H,24,25)/t19-/m0/s1. The Morgan fingerprint density at radius 3 is 2.66 bits per heavy atom. The van der Waals surface area contributed by atoms with Crippen molar-refractivity contribution in [3.05, 3.63) is 71.4 Å². The van der Waals surface area contributed by atoms with Crippen LogP contribution in [0.1, 0.15) is 21.5 Å². The number of methoxy groups -OCH3 is 1. The zero-order valence-corrected chi connectivity index (χ0v) is 16.2. The van der Waals surface area contributed by atoms with Gasteiger partial charge in [0.15, 0.2) is 6.61 Å². The Labute approximate surface area is 168 Å². The minimum absolute atomic E-state index is 0.244. The fraction of sp³-hybridized carbons (Fsp3) is 0.227. The minimum atomic E-state index is -0.899. The van der Waals surface area contributed by atoms with E-state index >= 15 is 0 Å². The lowest BCUT2D eigenvalue weighted by Crippen LogP contribution is -2.44. The molecule has 1 amide bonds. The molecule has 0 fully saturated rings. The number of aromatic nitrogens is 1. The van der Waals surface area contributed by atoms with Gasteiger partial charge in [0.05, 0.1) is 12.7 Å². The average Bonchev–Trinajstić information content (AvgIpc) is 3.14. The van der Waals surface area contributed by atoms with Gasteiger partial charge in [-0.15, -0.1) is 0 Å². The molecular weight excluding hydrogens is 372 g/mol. The molecule has 0 spiro atoms. The Balaban J connectivity index is 1.63. The molecule has 150 valence electrons. The van der Waals surface area contributed by atoms with Crippen molar-refractivity contribution >= 4 is 28.7 Å². The van der Waals surface area contributed by atoms with Gasteiger partial charge in [0.25, 0.3) is 5.91 Å². The summed E-state index contributed by atoms with van der Waals surface area (Å²) in [4.78, 5) is 39.6. The van der Waals surface area contributed by atoms with Crippen molar-refractivity contribution in [1.29, 1.82) is 0 Å². The fourth-order valence-electron chi connectivity index (χ4n) is 3.08. The van der Waals surface area contributed by atoms with E-state index in [1.54, 1.807) is 24.4 Å². The summed E-state index contributed by atoms with van der Waals surface area (Å²) in [6.07, 6.45) is 2.04. The number of aromatic amines is 1. The van der Waals surface area contributed by atoms with E-state index in [9.17, 15) is 14.4 Å². The number of nitrogens with one attached hydrogen (secondary N) is 2. The van der Waals surface area contributed by atoms with Gasteiger partial charge in [-0.1, -0.05) is 35.9 Å². The number of esters is 2. The van der Waals surface area contributed by atoms with Crippen LogP contribution in [0.2, 0.25) is 0 Å². The number of H-pyrrole nitrogens is 1. The number of aryl methyl sites for hydroxylation is 1. The van der Waals surface area contributed by atoms with Gasteiger partial charge >= 0.3 is 11.9 Å². The predicted octanol–water partition coefficient (Wildman–Crippen LogP) is 2.53. The van der Waals surface area contributed by atoms with Crippen LogP contribution in [0, 0.1) is 6.92 Å². The van der Waals surface area contributed by atoms with Gasteiger partial charge in [0.2, 0.25) is 0 Å². The zero-order valence-electron chi connectivity index (χ0n) is 16.2. The van der Waals surface area contributed by atoms with E-state index in [0.717, 1.165) is 22.0 Å². The lowest BCUT2D eigenvalue weighted by Gasteiger charge is -2.16. The van der Waals surface area contributed by atoms with Crippen LogP contribution in [-0.2, 0) is 25.5 Å². The van der Waals surface area contributed by atoms with E-state index in [1.165, 1.54) is 7.11 Å². The topological polar surface area (TPSA) is 97.5 Å². The summed E-state index contributed by atoms with van der Waals surface area (Å²) in [6.45, 7) is 1.36. The molecule has 0 bridgehead atoms. The first kappa shape index (κ1) is 20.1. The first-order valence-corrected chi connectivity index (χ1v) is 9.14. The van der Waals surface area contributed by atoms with Crippen LogP contribution in [0.15, 0.2) is 54.7 Å². The molecule has 0 aliphatic heterocycles. The molecule has 0 aliphatic rings. The molecule has 1 aromatic heterocycles. The molecule has 3 aromatic rings. The highest BCUT2D eigenvalue weighted by atomic mass is 16.5. The molecule has 0 saturated heterocycles. The number of carbonyl (C=O) groups is 3. The maximum atomic E-state index is 12.3. The van der Waals surface area contributed by atoms with Crippen LogP contribution < -0.4 is 5.32 Å². The van der Waals surface area contributed by atoms with E-state index in [-0.39, 0.29) is 6.42 Å². The van der Waals surface area contributed by atoms with Crippen LogP contribution in [0.25, 0.3) is 10.9 Å². The number of fused-ring (bicyclic) bond motifs is 1. The highest BCUT2D eigenvalue weighted by Crippen LogP contribution is 2.19. The van der Waals surface area contributed by atoms with E-state index in [4.69, 9.17) is 9.47 Å². The summed E-state index contributed by atoms with van der Waals surface area (Å²) >= 11 is 0. The first-order chi connectivity index (χ1) is 14.0. The van der Waals surface area contributed by atoms with Crippen molar-refractivity contribution in [2.75, 3.05) is 13.7 Å². The normalized spacial score (nSPS) is 11.7. The highest BCUT2D eigenvalue weighted by molar-refractivity contribution is 5.92. The molecule has 2 N–H and O–H groups in total. The van der Waals surface area contributed by atoms with Gasteiger partial charge < -0.3 is 19.8 Å². The van der Waals surface area contributed by atoms with Crippen molar-refractivity contribution in [1.82, 2.24) is 10.3 Å². The number of carbonyl (C=O) groups excluding carboxylic acids is 3. The van der Waals surface area contributed by atoms with Gasteiger partial charge in [0.1, 0.15) is 6.04 Å². The molecule has 1 heterocycles. The third-order valence-corrected chi connectivity index (χ3v) is 4.51. The largest absolute Gasteiger partial charge is 0.467 e. The lowest BCUT2D eigenvalue weighted by molar-refractivity contribution is -0.145. The van der Waals surface area contributed by atoms with Gasteiger partial charge in [-0.3, -0.25) is 4.79 Å². The Kier molecular flexibility index (Phi) is 6.29. The van der Waals surface area contributed by atoms with Crippen LogP contribution >= 0.6 is 0 Å². The number of benzene rings is 2. The van der Waals surface area contributed by atoms with Crippen molar-refractivity contribution in [3.63, 3.8) is 0 Å². The molecule has 0 unspecified atom stereocenters. The first-order valence-electron chi connectivity index (χ1n) is 9.14. The molecule has 0 aliphatic carbocycles. The smallest absolute Gasteiger partial charge is 0.338 e. The Hall–Kier alpha value is -3.61. The fourth-order valence-corrected chi connectivity index (χ4v) is 3.08. The molecule has 7 nitrogen and oxygen atoms in total. The predicted molar refractivity (Wildman–Crippen MR) is 107 cm³/mol. The maximum absolute atomic E-state index is 12.3. The molecule has 29 heavy (non-hydrogen) atoms. The third-order valence-electron chi connectivity index (χ3n) is 4.51. The van der Waals surface area contributed by atoms with Gasteiger partial charge in [0, 0.05) is 23.5 Å². The summed E-state index contributed by atoms with van der Waals surface area (Å²) in [7, 11) is 1.26. The zero-order chi connectivity index (χ0) is 20.8. The van der Waals surface area contributed by atoms with E-state index < -0.39 is 30.5 Å². The van der Waals surface area contributed by atoms with Crippen LogP contribution in [0.4, 0.5) is 0 Å². The van der Waals surface area contributed by atoms with Crippen LogP contribution in [-0.4, -0.2) is 42.6 Å². The van der Waals surface area contributed by atoms with Gasteiger partial charge in [-0.25, -0.2) is 9.59 Å². The summed E-state index contributed by atoms with van der Waals surface area (Å²) in [5, 5.41) is 3.54. The van der Waals surface area contributed by atoms with Crippen molar-refractivity contribution in [2.24, 2.45) is 0 Å². The molecule has 7 heteroatoms. The van der Waals surface area contributed by atoms with Crippen LogP contribution in [0.5, 0.6) is 0 Å². The molecule has 0 radical (unpaired) electrons. The lowest BCUT2D eigenvalue weighted by atomic mass is 10.0. The summed E-state index contributed by atoms with van der Waals surface area (Å²) in [5.41, 5.74) is 3.08. The molecule has 2 aromatic carbocycles. The number of amides is 1. The number of hydrogen-bond acceptors (Lipinski definition) is 5. The second kappa shape index (κ2) is 9.05. The monoisotopic (exact) mass is 394 g/mol. The number of hydrogen-bond donors (Lipinski definition) is 2. The quantitative estimate of drug-likeness (QED) is 0.600. The number of para-hydroxylation sites is 1. The highest BCUT2D eigenvalue weighted by Gasteiger charge is 2.24. The Bertz CT molecular complexity index is 1040. The molecule has 1 atom stereocenters. The summed E-state index contributed by atoms with van der Waals surface area (Å²) < 4.78 is 9.87. The van der Waals surface area contributed by atoms with Gasteiger partial charge in [-0.2, -0.15) is 0 Å². The Morgan fingerprint density at radius 1 is 1.10 bits per heavy atom. The second-order valence-corrected chi connectivity index (χ2v) is 6.65. The SMILES string of the molecule is COC(=O)[C@H](Cc1c[nH]c2ccccc12)NC(=O)COC(=O)c1cccc(C)c1. The average molecular weight is 394 g/mol. The maximum Gasteiger partial charge on any atom is 0.338 e. The number of rotatable bonds is 7. The Morgan fingerprint density at radius 2 is 1.90 bits per heavy atom. The second-order valence-electron chi connectivity index (χ2n) is 6.65. The summed E-state index contributed by atoms with van der Waals surface area (Å²) in [6, 6.07) is 13.6. The van der Waals surface area contributed by atoms with Gasteiger partial charge in [-0.05, 0) is 30.7 Å². The van der Waals surface area contributed by atoms with E-state index in [2.05, 4.69) is 10.3 Å². The van der Waals surface area contributed by atoms with E-state index in [0.29, 0.717) is 5.56 Å². The summed E-state index contributed by atoms with van der Waals surface area (Å²) in [5.74, 6) is -1.76. The number of ether oxygens (including phenoxy) is 2. The molecule has 3 rings (SSSR count). The third kappa shape index (κ3) is 5.01. The molecule has 0 saturated carbocycles. The van der Waals surface area contributed by atoms with Crippen molar-refractivity contribution < 1.29 is 23.9 Å². The minimum Gasteiger partial charge on any atom is -0.467 e. The van der Waals surface area contributed by atoms with Crippen molar-refractivity contribution in [2.45, 2.75) is 19.4 Å². The van der Waals surface area contributed by atoms with Crippen LogP contribution in [0.3, 0.4) is 0 Å².